The van der Waals surface area contributed by atoms with Crippen LogP contribution in [0.25, 0.3) is 11.2 Å². The molecule has 22 heavy (non-hydrogen) atoms. The van der Waals surface area contributed by atoms with E-state index in [0.29, 0.717) is 16.9 Å². The fraction of sp³-hybridized carbons (Fsp3) is 0.462. The molecular weight excluding hydrogens is 290 g/mol. The molecule has 9 heteroatoms. The SMILES string of the molecule is CC(C)(C)OC(=O)N[C@@H](Cc1ncnc2[nH]cnc12)C(=O)O. The first-order valence-corrected chi connectivity index (χ1v) is 6.61. The third-order valence-corrected chi connectivity index (χ3v) is 2.68. The van der Waals surface area contributed by atoms with Crippen molar-refractivity contribution in [1.82, 2.24) is 25.3 Å². The molecule has 0 unspecified atom stereocenters. The van der Waals surface area contributed by atoms with E-state index < -0.39 is 23.7 Å². The summed E-state index contributed by atoms with van der Waals surface area (Å²) in [7, 11) is 0. The average Bonchev–Trinajstić information content (AvgIpc) is 2.84. The molecule has 3 N–H and O–H groups in total. The largest absolute Gasteiger partial charge is 0.480 e. The molecular formula is C13H17N5O4. The second-order valence-corrected chi connectivity index (χ2v) is 5.66. The quantitative estimate of drug-likeness (QED) is 0.764. The van der Waals surface area contributed by atoms with Gasteiger partial charge in [-0.3, -0.25) is 0 Å². The van der Waals surface area contributed by atoms with E-state index in [0.717, 1.165) is 0 Å². The molecule has 0 saturated heterocycles. The van der Waals surface area contributed by atoms with Crippen LogP contribution in [0.5, 0.6) is 0 Å². The lowest BCUT2D eigenvalue weighted by Gasteiger charge is -2.21. The molecule has 0 fully saturated rings. The van der Waals surface area contributed by atoms with E-state index in [2.05, 4.69) is 25.3 Å². The zero-order chi connectivity index (χ0) is 16.3. The van der Waals surface area contributed by atoms with E-state index in [1.807, 2.05) is 0 Å². The van der Waals surface area contributed by atoms with Crippen LogP contribution in [-0.2, 0) is 16.0 Å². The lowest BCUT2D eigenvalue weighted by atomic mass is 10.1. The van der Waals surface area contributed by atoms with Crippen molar-refractivity contribution in [1.29, 1.82) is 0 Å². The van der Waals surface area contributed by atoms with Gasteiger partial charge in [0.2, 0.25) is 0 Å². The van der Waals surface area contributed by atoms with Gasteiger partial charge in [0.25, 0.3) is 0 Å². The number of alkyl carbamates (subject to hydrolysis) is 1. The molecule has 2 heterocycles. The number of nitrogens with zero attached hydrogens (tertiary/aromatic N) is 3. The fourth-order valence-corrected chi connectivity index (χ4v) is 1.81. The van der Waals surface area contributed by atoms with E-state index in [1.165, 1.54) is 12.7 Å². The second-order valence-electron chi connectivity index (χ2n) is 5.66. The Morgan fingerprint density at radius 3 is 2.73 bits per heavy atom. The van der Waals surface area contributed by atoms with Gasteiger partial charge in [0.1, 0.15) is 23.5 Å². The van der Waals surface area contributed by atoms with Crippen LogP contribution in [0, 0.1) is 0 Å². The number of carboxylic acids is 1. The molecule has 0 aliphatic rings. The number of amides is 1. The molecule has 1 atom stereocenters. The highest BCUT2D eigenvalue weighted by Crippen LogP contribution is 2.12. The van der Waals surface area contributed by atoms with Crippen molar-refractivity contribution >= 4 is 23.2 Å². The van der Waals surface area contributed by atoms with Gasteiger partial charge in [0.05, 0.1) is 12.0 Å². The molecule has 2 rings (SSSR count). The van der Waals surface area contributed by atoms with E-state index in [1.54, 1.807) is 20.8 Å². The first-order valence-electron chi connectivity index (χ1n) is 6.61. The van der Waals surface area contributed by atoms with Crippen molar-refractivity contribution in [2.24, 2.45) is 0 Å². The fourth-order valence-electron chi connectivity index (χ4n) is 1.81. The summed E-state index contributed by atoms with van der Waals surface area (Å²) in [6.45, 7) is 5.08. The molecule has 0 aliphatic carbocycles. The van der Waals surface area contributed by atoms with Gasteiger partial charge in [-0.15, -0.1) is 0 Å². The summed E-state index contributed by atoms with van der Waals surface area (Å²) >= 11 is 0. The number of H-pyrrole nitrogens is 1. The number of aromatic nitrogens is 4. The summed E-state index contributed by atoms with van der Waals surface area (Å²) in [6.07, 6.45) is 1.92. The number of rotatable bonds is 4. The zero-order valence-electron chi connectivity index (χ0n) is 12.5. The van der Waals surface area contributed by atoms with Crippen LogP contribution in [-0.4, -0.2) is 48.7 Å². The summed E-state index contributed by atoms with van der Waals surface area (Å²) in [4.78, 5) is 37.9. The van der Waals surface area contributed by atoms with Crippen molar-refractivity contribution in [3.05, 3.63) is 18.3 Å². The van der Waals surface area contributed by atoms with Gasteiger partial charge in [-0.2, -0.15) is 0 Å². The molecule has 2 aromatic heterocycles. The highest BCUT2D eigenvalue weighted by atomic mass is 16.6. The first-order chi connectivity index (χ1) is 10.3. The summed E-state index contributed by atoms with van der Waals surface area (Å²) in [5, 5.41) is 11.6. The lowest BCUT2D eigenvalue weighted by Crippen LogP contribution is -2.44. The highest BCUT2D eigenvalue weighted by molar-refractivity contribution is 5.81. The number of hydrogen-bond donors (Lipinski definition) is 3. The Bertz CT molecular complexity index is 691. The van der Waals surface area contributed by atoms with E-state index in [4.69, 9.17) is 4.74 Å². The highest BCUT2D eigenvalue weighted by Gasteiger charge is 2.25. The maximum atomic E-state index is 11.7. The number of carbonyl (C=O) groups is 2. The van der Waals surface area contributed by atoms with Crippen molar-refractivity contribution in [2.45, 2.75) is 38.8 Å². The molecule has 2 aromatic rings. The molecule has 0 bridgehead atoms. The van der Waals surface area contributed by atoms with Gasteiger partial charge in [-0.25, -0.2) is 24.5 Å². The summed E-state index contributed by atoms with van der Waals surface area (Å²) < 4.78 is 5.06. The Balaban J connectivity index is 2.14. The molecule has 0 spiro atoms. The third kappa shape index (κ3) is 3.90. The minimum Gasteiger partial charge on any atom is -0.480 e. The predicted octanol–water partition coefficient (Wildman–Crippen LogP) is 0.873. The van der Waals surface area contributed by atoms with Crippen LogP contribution >= 0.6 is 0 Å². The van der Waals surface area contributed by atoms with Gasteiger partial charge in [0, 0.05) is 6.42 Å². The number of imidazole rings is 1. The van der Waals surface area contributed by atoms with Gasteiger partial charge >= 0.3 is 12.1 Å². The second kappa shape index (κ2) is 5.96. The van der Waals surface area contributed by atoms with Crippen LogP contribution in [0.3, 0.4) is 0 Å². The number of hydrogen-bond acceptors (Lipinski definition) is 6. The van der Waals surface area contributed by atoms with Crippen molar-refractivity contribution in [3.8, 4) is 0 Å². The molecule has 118 valence electrons. The number of ether oxygens (including phenoxy) is 1. The number of nitrogens with one attached hydrogen (secondary N) is 2. The summed E-state index contributed by atoms with van der Waals surface area (Å²) in [5.74, 6) is -1.19. The number of aromatic amines is 1. The van der Waals surface area contributed by atoms with E-state index in [9.17, 15) is 14.7 Å². The minimum absolute atomic E-state index is 0.0293. The molecule has 9 nitrogen and oxygen atoms in total. The summed E-state index contributed by atoms with van der Waals surface area (Å²) in [5.41, 5.74) is 0.693. The maximum Gasteiger partial charge on any atom is 0.408 e. The minimum atomic E-state index is -1.19. The maximum absolute atomic E-state index is 11.7. The van der Waals surface area contributed by atoms with Crippen LogP contribution < -0.4 is 5.32 Å². The van der Waals surface area contributed by atoms with Crippen molar-refractivity contribution in [3.63, 3.8) is 0 Å². The van der Waals surface area contributed by atoms with Crippen molar-refractivity contribution < 1.29 is 19.4 Å². The predicted molar refractivity (Wildman–Crippen MR) is 76.2 cm³/mol. The standard InChI is InChI=1S/C13H17N5O4/c1-13(2,3)22-12(21)18-8(11(19)20)4-7-9-10(16-5-14-7)17-6-15-9/h5-6,8H,4H2,1-3H3,(H,18,21)(H,19,20)(H,14,15,16,17)/t8-/m0/s1. The number of carbonyl (C=O) groups excluding carboxylic acids is 1. The zero-order valence-corrected chi connectivity index (χ0v) is 12.5. The Labute approximate surface area is 126 Å². The molecule has 1 amide bonds. The van der Waals surface area contributed by atoms with Crippen LogP contribution in [0.15, 0.2) is 12.7 Å². The number of fused-ring (bicyclic) bond motifs is 1. The van der Waals surface area contributed by atoms with Gasteiger partial charge in [-0.1, -0.05) is 0 Å². The Morgan fingerprint density at radius 1 is 1.36 bits per heavy atom. The Hall–Kier alpha value is -2.71. The third-order valence-electron chi connectivity index (χ3n) is 2.68. The number of carboxylic acid groups (broad SMARTS) is 1. The van der Waals surface area contributed by atoms with Crippen molar-refractivity contribution in [2.75, 3.05) is 0 Å². The average molecular weight is 307 g/mol. The molecule has 0 aromatic carbocycles. The van der Waals surface area contributed by atoms with Gasteiger partial charge < -0.3 is 20.1 Å². The first kappa shape index (κ1) is 15.7. The van der Waals surface area contributed by atoms with E-state index in [-0.39, 0.29) is 6.42 Å². The lowest BCUT2D eigenvalue weighted by molar-refractivity contribution is -0.139. The van der Waals surface area contributed by atoms with Crippen LogP contribution in [0.1, 0.15) is 26.5 Å². The Kier molecular flexibility index (Phi) is 4.25. The monoisotopic (exact) mass is 307 g/mol. The summed E-state index contributed by atoms with van der Waals surface area (Å²) in [6, 6.07) is -1.18. The topological polar surface area (TPSA) is 130 Å². The van der Waals surface area contributed by atoms with Gasteiger partial charge in [0.15, 0.2) is 5.65 Å². The molecule has 0 aliphatic heterocycles. The van der Waals surface area contributed by atoms with Crippen LogP contribution in [0.2, 0.25) is 0 Å². The van der Waals surface area contributed by atoms with E-state index >= 15 is 0 Å². The van der Waals surface area contributed by atoms with Crippen LogP contribution in [0.4, 0.5) is 4.79 Å². The van der Waals surface area contributed by atoms with Gasteiger partial charge in [-0.05, 0) is 20.8 Å². The normalized spacial score (nSPS) is 12.9. The number of aliphatic carboxylic acids is 1. The molecule has 0 saturated carbocycles. The Morgan fingerprint density at radius 2 is 2.09 bits per heavy atom. The molecule has 0 radical (unpaired) electrons. The smallest absolute Gasteiger partial charge is 0.408 e.